The van der Waals surface area contributed by atoms with Crippen LogP contribution in [0.5, 0.6) is 0 Å². The molecule has 0 saturated heterocycles. The molecule has 3 N–H and O–H groups in total. The first-order valence-corrected chi connectivity index (χ1v) is 4.09. The predicted octanol–water partition coefficient (Wildman–Crippen LogP) is 0.691. The highest BCUT2D eigenvalue weighted by Crippen LogP contribution is 1.89. The number of guanidine groups is 1. The lowest BCUT2D eigenvalue weighted by Gasteiger charge is -2.12. The maximum atomic E-state index is 11.0. The van der Waals surface area contributed by atoms with Gasteiger partial charge in [0.15, 0.2) is 5.96 Å². The third kappa shape index (κ3) is 4.71. The molecule has 4 nitrogen and oxygen atoms in total. The topological polar surface area (TPSA) is 65.0 Å². The third-order valence-electron chi connectivity index (χ3n) is 1.21. The van der Waals surface area contributed by atoms with Crippen LogP contribution in [0.1, 0.15) is 27.7 Å². The maximum absolute atomic E-state index is 11.0. The van der Waals surface area contributed by atoms with E-state index in [0.29, 0.717) is 0 Å². The molecule has 0 bridgehead atoms. The van der Waals surface area contributed by atoms with Crippen molar-refractivity contribution in [1.29, 1.82) is 5.41 Å². The van der Waals surface area contributed by atoms with Gasteiger partial charge in [-0.25, -0.2) is 0 Å². The van der Waals surface area contributed by atoms with Crippen molar-refractivity contribution in [3.05, 3.63) is 0 Å². The smallest absolute Gasteiger partial charge is 0.229 e. The van der Waals surface area contributed by atoms with E-state index in [9.17, 15) is 4.79 Å². The van der Waals surface area contributed by atoms with E-state index in [-0.39, 0.29) is 23.8 Å². The molecular formula is C8H17N3O. The quantitative estimate of drug-likeness (QED) is 0.423. The van der Waals surface area contributed by atoms with Gasteiger partial charge >= 0.3 is 0 Å². The van der Waals surface area contributed by atoms with Crippen LogP contribution < -0.4 is 10.6 Å². The molecule has 0 aliphatic heterocycles. The van der Waals surface area contributed by atoms with E-state index in [1.54, 1.807) is 13.8 Å². The number of nitrogens with one attached hydrogen (secondary N) is 3. The summed E-state index contributed by atoms with van der Waals surface area (Å²) in [6, 6.07) is 0.171. The number of hydrogen-bond donors (Lipinski definition) is 3. The van der Waals surface area contributed by atoms with E-state index in [0.717, 1.165) is 0 Å². The van der Waals surface area contributed by atoms with Crippen LogP contribution in [0, 0.1) is 11.3 Å². The Bertz CT molecular complexity index is 175. The van der Waals surface area contributed by atoms with Gasteiger partial charge in [0.1, 0.15) is 0 Å². The fourth-order valence-electron chi connectivity index (χ4n) is 0.592. The Labute approximate surface area is 73.2 Å². The molecular weight excluding hydrogens is 154 g/mol. The Morgan fingerprint density at radius 3 is 2.08 bits per heavy atom. The minimum absolute atomic E-state index is 0.0729. The van der Waals surface area contributed by atoms with Gasteiger partial charge in [0, 0.05) is 12.0 Å². The summed E-state index contributed by atoms with van der Waals surface area (Å²) in [5.74, 6) is -0.142. The number of hydrogen-bond acceptors (Lipinski definition) is 2. The molecule has 0 fully saturated rings. The van der Waals surface area contributed by atoms with E-state index < -0.39 is 0 Å². The van der Waals surface area contributed by atoms with E-state index in [1.807, 2.05) is 13.8 Å². The van der Waals surface area contributed by atoms with Crippen LogP contribution in [0.3, 0.4) is 0 Å². The Balaban J connectivity index is 3.77. The van der Waals surface area contributed by atoms with Crippen LogP contribution in [0.2, 0.25) is 0 Å². The number of rotatable bonds is 2. The van der Waals surface area contributed by atoms with E-state index in [4.69, 9.17) is 5.41 Å². The Morgan fingerprint density at radius 2 is 1.75 bits per heavy atom. The number of amides is 1. The third-order valence-corrected chi connectivity index (χ3v) is 1.21. The van der Waals surface area contributed by atoms with Gasteiger partial charge in [-0.1, -0.05) is 13.8 Å². The zero-order chi connectivity index (χ0) is 9.72. The lowest BCUT2D eigenvalue weighted by Crippen LogP contribution is -2.44. The van der Waals surface area contributed by atoms with Gasteiger partial charge in [-0.05, 0) is 13.8 Å². The average molecular weight is 171 g/mol. The number of carbonyl (C=O) groups excluding carboxylic acids is 1. The van der Waals surface area contributed by atoms with Gasteiger partial charge in [-0.2, -0.15) is 0 Å². The highest BCUT2D eigenvalue weighted by atomic mass is 16.2. The summed E-state index contributed by atoms with van der Waals surface area (Å²) >= 11 is 0. The molecule has 0 unspecified atom stereocenters. The first-order chi connectivity index (χ1) is 5.43. The van der Waals surface area contributed by atoms with Crippen molar-refractivity contribution in [2.45, 2.75) is 33.7 Å². The Kier molecular flexibility index (Phi) is 4.33. The summed E-state index contributed by atoms with van der Waals surface area (Å²) in [5.41, 5.74) is 0. The van der Waals surface area contributed by atoms with Gasteiger partial charge in [0.25, 0.3) is 0 Å². The van der Waals surface area contributed by atoms with Gasteiger partial charge < -0.3 is 5.32 Å². The van der Waals surface area contributed by atoms with Crippen LogP contribution in [0.4, 0.5) is 0 Å². The van der Waals surface area contributed by atoms with E-state index in [1.165, 1.54) is 0 Å². The van der Waals surface area contributed by atoms with Crippen molar-refractivity contribution in [3.63, 3.8) is 0 Å². The minimum atomic E-state index is -0.131. The summed E-state index contributed by atoms with van der Waals surface area (Å²) < 4.78 is 0. The summed E-state index contributed by atoms with van der Waals surface area (Å²) in [4.78, 5) is 11.0. The van der Waals surface area contributed by atoms with Gasteiger partial charge in [0.2, 0.25) is 5.91 Å². The molecule has 70 valence electrons. The highest BCUT2D eigenvalue weighted by Gasteiger charge is 2.08. The molecule has 0 radical (unpaired) electrons. The molecule has 0 saturated carbocycles. The van der Waals surface area contributed by atoms with Crippen molar-refractivity contribution in [1.82, 2.24) is 10.6 Å². The Hall–Kier alpha value is -1.06. The van der Waals surface area contributed by atoms with Crippen molar-refractivity contribution in [3.8, 4) is 0 Å². The summed E-state index contributed by atoms with van der Waals surface area (Å²) in [7, 11) is 0. The van der Waals surface area contributed by atoms with E-state index in [2.05, 4.69) is 10.6 Å². The van der Waals surface area contributed by atoms with Gasteiger partial charge in [-0.3, -0.25) is 15.5 Å². The molecule has 4 heteroatoms. The standard InChI is InChI=1S/C8H17N3O/c1-5(2)7(12)11-8(9)10-6(3)4/h5-6H,1-4H3,(H3,9,10,11,12). The lowest BCUT2D eigenvalue weighted by molar-refractivity contribution is -0.122. The maximum Gasteiger partial charge on any atom is 0.229 e. The van der Waals surface area contributed by atoms with Crippen LogP contribution >= 0.6 is 0 Å². The molecule has 1 amide bonds. The zero-order valence-corrected chi connectivity index (χ0v) is 8.06. The molecule has 12 heavy (non-hydrogen) atoms. The average Bonchev–Trinajstić information content (AvgIpc) is 1.84. The number of carbonyl (C=O) groups is 1. The van der Waals surface area contributed by atoms with Crippen molar-refractivity contribution < 1.29 is 4.79 Å². The predicted molar refractivity (Wildman–Crippen MR) is 49.0 cm³/mol. The highest BCUT2D eigenvalue weighted by molar-refractivity contribution is 5.96. The summed E-state index contributed by atoms with van der Waals surface area (Å²) in [6.07, 6.45) is 0. The van der Waals surface area contributed by atoms with Crippen LogP contribution in [0.25, 0.3) is 0 Å². The first-order valence-electron chi connectivity index (χ1n) is 4.09. The molecule has 0 spiro atoms. The fourth-order valence-corrected chi connectivity index (χ4v) is 0.592. The van der Waals surface area contributed by atoms with Crippen LogP contribution in [-0.4, -0.2) is 17.9 Å². The molecule has 0 rings (SSSR count). The van der Waals surface area contributed by atoms with Gasteiger partial charge in [0.05, 0.1) is 0 Å². The van der Waals surface area contributed by atoms with Crippen molar-refractivity contribution in [2.75, 3.05) is 0 Å². The molecule has 0 aromatic carbocycles. The second-order valence-electron chi connectivity index (χ2n) is 3.32. The zero-order valence-electron chi connectivity index (χ0n) is 8.06. The monoisotopic (exact) mass is 171 g/mol. The SMILES string of the molecule is CC(C)NC(=N)NC(=O)C(C)C. The van der Waals surface area contributed by atoms with Gasteiger partial charge in [-0.15, -0.1) is 0 Å². The van der Waals surface area contributed by atoms with Crippen LogP contribution in [0.15, 0.2) is 0 Å². The molecule has 0 aliphatic rings. The molecule has 0 aliphatic carbocycles. The summed E-state index contributed by atoms with van der Waals surface area (Å²) in [6.45, 7) is 7.40. The second kappa shape index (κ2) is 4.74. The lowest BCUT2D eigenvalue weighted by atomic mass is 10.2. The first kappa shape index (κ1) is 10.9. The second-order valence-corrected chi connectivity index (χ2v) is 3.32. The van der Waals surface area contributed by atoms with E-state index >= 15 is 0 Å². The Morgan fingerprint density at radius 1 is 1.25 bits per heavy atom. The normalized spacial score (nSPS) is 10.2. The van der Waals surface area contributed by atoms with Crippen molar-refractivity contribution in [2.24, 2.45) is 5.92 Å². The fraction of sp³-hybridized carbons (Fsp3) is 0.750. The summed E-state index contributed by atoms with van der Waals surface area (Å²) in [5, 5.41) is 12.5. The molecule has 0 atom stereocenters. The largest absolute Gasteiger partial charge is 0.354 e. The van der Waals surface area contributed by atoms with Crippen LogP contribution in [-0.2, 0) is 4.79 Å². The molecule has 0 heterocycles. The van der Waals surface area contributed by atoms with Crippen molar-refractivity contribution >= 4 is 11.9 Å². The molecule has 0 aromatic rings. The minimum Gasteiger partial charge on any atom is -0.354 e. The molecule has 0 aromatic heterocycles.